The van der Waals surface area contributed by atoms with Crippen LogP contribution in [0.1, 0.15) is 53.2 Å². The van der Waals surface area contributed by atoms with Crippen LogP contribution in [0.25, 0.3) is 11.0 Å². The van der Waals surface area contributed by atoms with Gasteiger partial charge in [0.25, 0.3) is 18.2 Å². The second-order valence-corrected chi connectivity index (χ2v) is 12.9. The Morgan fingerprint density at radius 3 is 2.70 bits per heavy atom. The van der Waals surface area contributed by atoms with E-state index in [1.54, 1.807) is 33.7 Å². The topological polar surface area (TPSA) is 124 Å². The molecule has 0 radical (unpaired) electrons. The molecule has 2 aliphatic heterocycles. The van der Waals surface area contributed by atoms with Crippen LogP contribution in [0.3, 0.4) is 0 Å². The number of ether oxygens (including phenoxy) is 1. The van der Waals surface area contributed by atoms with Crippen molar-refractivity contribution in [2.24, 2.45) is 5.41 Å². The zero-order valence-electron chi connectivity index (χ0n) is 24.8. The van der Waals surface area contributed by atoms with Crippen molar-refractivity contribution in [1.29, 1.82) is 5.26 Å². The van der Waals surface area contributed by atoms with Gasteiger partial charge in [-0.15, -0.1) is 11.3 Å². The number of hydrogen-bond donors (Lipinski definition) is 2. The number of nitrogens with one attached hydrogen (secondary N) is 1. The lowest BCUT2D eigenvalue weighted by Gasteiger charge is -2.33. The number of morpholine rings is 1. The third-order valence-corrected chi connectivity index (χ3v) is 9.03. The van der Waals surface area contributed by atoms with Gasteiger partial charge in [-0.2, -0.15) is 5.26 Å². The molecule has 2 fully saturated rings. The Kier molecular flexibility index (Phi) is 9.75. The number of aliphatic hydroxyl groups excluding tert-OH is 1. The van der Waals surface area contributed by atoms with E-state index in [2.05, 4.69) is 21.3 Å². The highest BCUT2D eigenvalue weighted by Crippen LogP contribution is 2.30. The van der Waals surface area contributed by atoms with E-state index in [-0.39, 0.29) is 39.8 Å². The van der Waals surface area contributed by atoms with Crippen LogP contribution in [-0.2, 0) is 22.7 Å². The average Bonchev–Trinajstić information content (AvgIpc) is 3.75. The summed E-state index contributed by atoms with van der Waals surface area (Å²) in [7, 11) is 0. The largest absolute Gasteiger partial charge is 0.392 e. The summed E-state index contributed by atoms with van der Waals surface area (Å²) in [4.78, 5) is 35.3. The number of carbonyl (C=O) groups excluding carboxylic acids is 2. The number of fused-ring (bicyclic) bond motifs is 1. The molecule has 1 aromatic carbocycles. The number of alkyl halides is 2. The lowest BCUT2D eigenvalue weighted by Crippen LogP contribution is -2.42. The van der Waals surface area contributed by atoms with E-state index in [1.165, 1.54) is 12.1 Å². The maximum Gasteiger partial charge on any atom is 0.272 e. The summed E-state index contributed by atoms with van der Waals surface area (Å²) in [5, 5.41) is 22.4. The maximum absolute atomic E-state index is 13.8. The van der Waals surface area contributed by atoms with Gasteiger partial charge in [0.15, 0.2) is 0 Å². The Bertz CT molecular complexity index is 1590. The van der Waals surface area contributed by atoms with Crippen LogP contribution >= 0.6 is 11.3 Å². The molecule has 2 aliphatic rings. The number of likely N-dealkylation sites (tertiary alicyclic amines) is 1. The Morgan fingerprint density at radius 2 is 2.02 bits per heavy atom. The van der Waals surface area contributed by atoms with Crippen LogP contribution in [0.15, 0.2) is 42.0 Å². The first kappa shape index (κ1) is 31.7. The number of nitriles is 1. The molecule has 0 spiro atoms. The van der Waals surface area contributed by atoms with Crippen LogP contribution in [0.2, 0.25) is 0 Å². The third kappa shape index (κ3) is 7.15. The Balaban J connectivity index is 1.39. The van der Waals surface area contributed by atoms with Gasteiger partial charge >= 0.3 is 0 Å². The molecule has 1 atom stereocenters. The number of hydrogen-bond acceptors (Lipinski definition) is 8. The van der Waals surface area contributed by atoms with E-state index in [9.17, 15) is 28.7 Å². The van der Waals surface area contributed by atoms with Gasteiger partial charge in [-0.25, -0.2) is 13.8 Å². The average molecular weight is 627 g/mol. The highest BCUT2D eigenvalue weighted by molar-refractivity contribution is 7.14. The quantitative estimate of drug-likeness (QED) is 0.250. The highest BCUT2D eigenvalue weighted by Gasteiger charge is 2.33. The molecule has 4 heterocycles. The van der Waals surface area contributed by atoms with Crippen molar-refractivity contribution < 1.29 is 28.2 Å². The number of carbonyl (C=O) groups is 2. The summed E-state index contributed by atoms with van der Waals surface area (Å²) in [6.07, 6.45) is 0.530. The first-order chi connectivity index (χ1) is 21.1. The number of imidazole rings is 1. The van der Waals surface area contributed by atoms with Gasteiger partial charge in [0, 0.05) is 32.7 Å². The van der Waals surface area contributed by atoms with E-state index in [1.807, 2.05) is 13.8 Å². The summed E-state index contributed by atoms with van der Waals surface area (Å²) in [5.74, 6) is -0.702. The van der Waals surface area contributed by atoms with E-state index >= 15 is 0 Å². The zero-order valence-corrected chi connectivity index (χ0v) is 25.6. The van der Waals surface area contributed by atoms with Crippen molar-refractivity contribution in [1.82, 2.24) is 19.4 Å². The van der Waals surface area contributed by atoms with E-state index < -0.39 is 17.7 Å². The van der Waals surface area contributed by atoms with Gasteiger partial charge in [-0.1, -0.05) is 26.0 Å². The molecular formula is C31H36F2N6O4S. The monoisotopic (exact) mass is 626 g/mol. The van der Waals surface area contributed by atoms with Crippen LogP contribution in [0, 0.1) is 16.7 Å². The number of aliphatic hydroxyl groups is 1. The van der Waals surface area contributed by atoms with Gasteiger partial charge in [-0.3, -0.25) is 19.8 Å². The fraction of sp³-hybridized carbons (Fsp3) is 0.484. The normalized spacial score (nSPS) is 18.2. The van der Waals surface area contributed by atoms with Crippen molar-refractivity contribution in [3.05, 3.63) is 57.3 Å². The Labute approximate surface area is 258 Å². The molecule has 0 unspecified atom stereocenters. The molecule has 0 bridgehead atoms. The molecule has 2 amide bonds. The van der Waals surface area contributed by atoms with E-state index in [0.717, 1.165) is 19.5 Å². The Morgan fingerprint density at radius 1 is 1.25 bits per heavy atom. The molecule has 3 aromatic rings. The smallest absolute Gasteiger partial charge is 0.272 e. The number of anilines is 1. The van der Waals surface area contributed by atoms with Crippen molar-refractivity contribution in [3.63, 3.8) is 0 Å². The minimum Gasteiger partial charge on any atom is -0.392 e. The van der Waals surface area contributed by atoms with Gasteiger partial charge in [0.05, 0.1) is 46.7 Å². The molecule has 10 nitrogen and oxygen atoms in total. The molecular weight excluding hydrogens is 590 g/mol. The number of thiophene rings is 1. The molecule has 5 rings (SSSR count). The second kappa shape index (κ2) is 13.5. The first-order valence-electron chi connectivity index (χ1n) is 14.6. The maximum atomic E-state index is 13.8. The predicted molar refractivity (Wildman–Crippen MR) is 162 cm³/mol. The number of halogens is 2. The van der Waals surface area contributed by atoms with Crippen LogP contribution < -0.4 is 5.32 Å². The third-order valence-electron chi connectivity index (χ3n) is 7.94. The molecule has 0 saturated carbocycles. The molecule has 0 aliphatic carbocycles. The van der Waals surface area contributed by atoms with Crippen molar-refractivity contribution >= 4 is 40.1 Å². The molecule has 2 N–H and O–H groups in total. The minimum atomic E-state index is -2.67. The second-order valence-electron chi connectivity index (χ2n) is 11.8. The number of rotatable bonds is 10. The molecule has 2 saturated heterocycles. The van der Waals surface area contributed by atoms with Crippen LogP contribution in [0.5, 0.6) is 0 Å². The van der Waals surface area contributed by atoms with E-state index in [0.29, 0.717) is 67.2 Å². The SMILES string of the molecule is CC(C)(/C=C(\C#N)C(=O)N1CCC[C@@H]1Cn1c(NC(=O)c2ccc(C(F)F)s2)nc2cc(CO)ccc21)CN1CCOCC1. The van der Waals surface area contributed by atoms with Gasteiger partial charge in [0.1, 0.15) is 11.6 Å². The van der Waals surface area contributed by atoms with Gasteiger partial charge in [0.2, 0.25) is 5.95 Å². The fourth-order valence-electron chi connectivity index (χ4n) is 5.88. The fourth-order valence-corrected chi connectivity index (χ4v) is 6.64. The van der Waals surface area contributed by atoms with Gasteiger partial charge in [-0.05, 0) is 48.1 Å². The minimum absolute atomic E-state index is 0.0966. The Hall–Kier alpha value is -3.70. The van der Waals surface area contributed by atoms with Crippen LogP contribution in [-0.4, -0.2) is 81.7 Å². The molecule has 2 aromatic heterocycles. The summed E-state index contributed by atoms with van der Waals surface area (Å²) in [5.41, 5.74) is 1.53. The summed E-state index contributed by atoms with van der Waals surface area (Å²) < 4.78 is 33.5. The first-order valence-corrected chi connectivity index (χ1v) is 15.4. The predicted octanol–water partition coefficient (Wildman–Crippen LogP) is 4.58. The number of benzene rings is 1. The number of amides is 2. The number of nitrogens with zero attached hydrogens (tertiary/aromatic N) is 5. The standard InChI is InChI=1S/C31H36F2N6O4S/c1-31(2,19-37-10-12-43-13-11-37)15-21(16-34)29(42)38-9-3-4-22(38)17-39-24-6-5-20(18-40)14-23(24)35-30(39)36-28(41)26-8-7-25(44-26)27(32)33/h5-8,14-15,22,27,40H,3-4,9-13,17-19H2,1-2H3,(H,35,36,41)/b21-15+/t22-/m1/s1. The van der Waals surface area contributed by atoms with Crippen molar-refractivity contribution in [2.75, 3.05) is 44.7 Å². The van der Waals surface area contributed by atoms with Gasteiger partial charge < -0.3 is 19.3 Å². The van der Waals surface area contributed by atoms with Crippen LogP contribution in [0.4, 0.5) is 14.7 Å². The molecule has 44 heavy (non-hydrogen) atoms. The summed E-state index contributed by atoms with van der Waals surface area (Å²) >= 11 is 0.714. The molecule has 13 heteroatoms. The summed E-state index contributed by atoms with van der Waals surface area (Å²) in [6, 6.07) is 9.70. The number of aromatic nitrogens is 2. The zero-order chi connectivity index (χ0) is 31.4. The molecule has 234 valence electrons. The summed E-state index contributed by atoms with van der Waals surface area (Å²) in [6.45, 7) is 8.25. The van der Waals surface area contributed by atoms with Crippen molar-refractivity contribution in [3.8, 4) is 6.07 Å². The van der Waals surface area contributed by atoms with Crippen molar-refractivity contribution in [2.45, 2.75) is 52.3 Å². The lowest BCUT2D eigenvalue weighted by atomic mass is 9.89. The lowest BCUT2D eigenvalue weighted by molar-refractivity contribution is -0.127. The van der Waals surface area contributed by atoms with E-state index in [4.69, 9.17) is 4.74 Å². The highest BCUT2D eigenvalue weighted by atomic mass is 32.1.